The summed E-state index contributed by atoms with van der Waals surface area (Å²) in [5.41, 5.74) is 0.350. The Balaban J connectivity index is 1.48. The first-order chi connectivity index (χ1) is 13.3. The van der Waals surface area contributed by atoms with Crippen molar-refractivity contribution < 1.29 is 22.7 Å². The van der Waals surface area contributed by atoms with Gasteiger partial charge in [0.1, 0.15) is 12.4 Å². The molecule has 1 aromatic carbocycles. The Morgan fingerprint density at radius 1 is 1.32 bits per heavy atom. The third-order valence-electron chi connectivity index (χ3n) is 5.58. The van der Waals surface area contributed by atoms with Gasteiger partial charge in [-0.15, -0.1) is 0 Å². The summed E-state index contributed by atoms with van der Waals surface area (Å²) in [6.45, 7) is 4.50. The molecule has 28 heavy (non-hydrogen) atoms. The van der Waals surface area contributed by atoms with E-state index in [0.717, 1.165) is 38.1 Å². The second-order valence-electron chi connectivity index (χ2n) is 7.46. The van der Waals surface area contributed by atoms with Crippen LogP contribution in [0.5, 0.6) is 0 Å². The van der Waals surface area contributed by atoms with Crippen LogP contribution in [-0.4, -0.2) is 52.6 Å². The Morgan fingerprint density at radius 2 is 2.07 bits per heavy atom. The van der Waals surface area contributed by atoms with Gasteiger partial charge in [-0.25, -0.2) is 4.98 Å². The van der Waals surface area contributed by atoms with Crippen molar-refractivity contribution in [2.24, 2.45) is 0 Å². The molecule has 1 amide bonds. The number of carbonyl (C=O) groups is 1. The topological polar surface area (TPSA) is 59.4 Å². The quantitative estimate of drug-likeness (QED) is 0.867. The van der Waals surface area contributed by atoms with Crippen LogP contribution in [0.1, 0.15) is 37.2 Å². The molecule has 0 spiro atoms. The smallest absolute Gasteiger partial charge is 0.371 e. The summed E-state index contributed by atoms with van der Waals surface area (Å²) in [6.07, 6.45) is -2.61. The van der Waals surface area contributed by atoms with Crippen molar-refractivity contribution in [2.45, 2.75) is 44.6 Å². The van der Waals surface area contributed by atoms with Gasteiger partial charge in [-0.3, -0.25) is 4.79 Å². The monoisotopic (exact) mass is 396 g/mol. The minimum atomic E-state index is -4.38. The molecule has 0 unspecified atom stereocenters. The molecule has 0 bridgehead atoms. The number of nitrogens with zero attached hydrogens (tertiary/aromatic N) is 3. The Kier molecular flexibility index (Phi) is 5.05. The molecule has 1 N–H and O–H groups in total. The first-order valence-electron chi connectivity index (χ1n) is 9.47. The van der Waals surface area contributed by atoms with Crippen LogP contribution < -0.4 is 5.32 Å². The molecule has 0 radical (unpaired) electrons. The fourth-order valence-electron chi connectivity index (χ4n) is 4.05. The number of halogens is 3. The van der Waals surface area contributed by atoms with Crippen LogP contribution in [0.15, 0.2) is 18.2 Å². The van der Waals surface area contributed by atoms with E-state index in [-0.39, 0.29) is 11.9 Å². The van der Waals surface area contributed by atoms with E-state index >= 15 is 0 Å². The normalized spacial score (nSPS) is 21.1. The number of piperidine rings is 1. The van der Waals surface area contributed by atoms with Gasteiger partial charge in [0, 0.05) is 32.6 Å². The second-order valence-corrected chi connectivity index (χ2v) is 7.46. The van der Waals surface area contributed by atoms with E-state index in [4.69, 9.17) is 4.74 Å². The molecule has 1 atom stereocenters. The van der Waals surface area contributed by atoms with Crippen LogP contribution in [-0.2, 0) is 22.3 Å². The summed E-state index contributed by atoms with van der Waals surface area (Å²) in [7, 11) is 0. The van der Waals surface area contributed by atoms with Crippen LogP contribution >= 0.6 is 0 Å². The van der Waals surface area contributed by atoms with Crippen molar-refractivity contribution in [1.29, 1.82) is 0 Å². The fourth-order valence-corrected chi connectivity index (χ4v) is 4.05. The van der Waals surface area contributed by atoms with E-state index in [0.29, 0.717) is 42.7 Å². The average Bonchev–Trinajstić information content (AvgIpc) is 3.04. The largest absolute Gasteiger partial charge is 0.416 e. The van der Waals surface area contributed by atoms with E-state index < -0.39 is 11.7 Å². The van der Waals surface area contributed by atoms with Gasteiger partial charge in [-0.2, -0.15) is 13.2 Å². The first-order valence-corrected chi connectivity index (χ1v) is 9.47. The van der Waals surface area contributed by atoms with Gasteiger partial charge in [-0.05, 0) is 31.0 Å². The Labute approximate surface area is 160 Å². The molecule has 3 heterocycles. The summed E-state index contributed by atoms with van der Waals surface area (Å²) in [4.78, 5) is 17.7. The minimum Gasteiger partial charge on any atom is -0.371 e. The third kappa shape index (κ3) is 3.73. The number of hydrogen-bond acceptors (Lipinski definition) is 4. The number of amides is 1. The molecule has 1 saturated heterocycles. The molecular formula is C19H23F3N4O2. The van der Waals surface area contributed by atoms with Crippen LogP contribution in [0.3, 0.4) is 0 Å². The van der Waals surface area contributed by atoms with Gasteiger partial charge in [0.05, 0.1) is 29.2 Å². The maximum absolute atomic E-state index is 13.0. The molecule has 9 heteroatoms. The van der Waals surface area contributed by atoms with Crippen molar-refractivity contribution in [3.05, 3.63) is 29.6 Å². The highest BCUT2D eigenvalue weighted by molar-refractivity contribution is 5.77. The molecule has 2 aliphatic rings. The molecule has 152 valence electrons. The lowest BCUT2D eigenvalue weighted by Gasteiger charge is -2.33. The summed E-state index contributed by atoms with van der Waals surface area (Å²) < 4.78 is 46.6. The van der Waals surface area contributed by atoms with E-state index in [9.17, 15) is 18.0 Å². The molecule has 1 aromatic heterocycles. The van der Waals surface area contributed by atoms with Crippen molar-refractivity contribution in [1.82, 2.24) is 19.8 Å². The molecule has 0 aliphatic carbocycles. The lowest BCUT2D eigenvalue weighted by atomic mass is 10.0. The first kappa shape index (κ1) is 19.2. The number of likely N-dealkylation sites (tertiary alicyclic amines) is 1. The van der Waals surface area contributed by atoms with Crippen LogP contribution in [0.25, 0.3) is 11.0 Å². The fraction of sp³-hybridized carbons (Fsp3) is 0.579. The number of hydrogen-bond donors (Lipinski definition) is 1. The van der Waals surface area contributed by atoms with Gasteiger partial charge in [-0.1, -0.05) is 0 Å². The highest BCUT2D eigenvalue weighted by atomic mass is 19.4. The summed E-state index contributed by atoms with van der Waals surface area (Å²) in [5.74, 6) is 0.755. The lowest BCUT2D eigenvalue weighted by molar-refractivity contribution is -0.137. The zero-order valence-corrected chi connectivity index (χ0v) is 15.6. The minimum absolute atomic E-state index is 0.0312. The van der Waals surface area contributed by atoms with Crippen LogP contribution in [0, 0.1) is 0 Å². The molecular weight excluding hydrogens is 373 g/mol. The number of imidazole rings is 1. The van der Waals surface area contributed by atoms with E-state index in [1.807, 2.05) is 9.47 Å². The molecule has 0 saturated carbocycles. The summed E-state index contributed by atoms with van der Waals surface area (Å²) >= 11 is 0. The predicted octanol–water partition coefficient (Wildman–Crippen LogP) is 2.73. The van der Waals surface area contributed by atoms with Gasteiger partial charge in [0.25, 0.3) is 0 Å². The van der Waals surface area contributed by atoms with E-state index in [1.54, 1.807) is 6.92 Å². The van der Waals surface area contributed by atoms with Gasteiger partial charge in [0.15, 0.2) is 0 Å². The third-order valence-corrected chi connectivity index (χ3v) is 5.58. The van der Waals surface area contributed by atoms with Crippen LogP contribution in [0.2, 0.25) is 0 Å². The zero-order chi connectivity index (χ0) is 19.9. The average molecular weight is 396 g/mol. The van der Waals surface area contributed by atoms with E-state index in [2.05, 4.69) is 10.3 Å². The highest BCUT2D eigenvalue weighted by Crippen LogP contribution is 2.33. The van der Waals surface area contributed by atoms with Gasteiger partial charge >= 0.3 is 6.18 Å². The standard InChI is InChI=1S/C19H23F3N4O2/c1-12(27)25-6-4-14(5-7-25)23-9-15-10-28-11-18-24-16-8-13(19(20,21)22)2-3-17(16)26(15)18/h2-3,8,14-15,23H,4-7,9-11H2,1H3/t15-/m0/s1. The van der Waals surface area contributed by atoms with E-state index in [1.165, 1.54) is 6.07 Å². The number of nitrogens with one attached hydrogen (secondary N) is 1. The van der Waals surface area contributed by atoms with Crippen LogP contribution in [0.4, 0.5) is 13.2 Å². The van der Waals surface area contributed by atoms with Crippen molar-refractivity contribution in [2.75, 3.05) is 26.2 Å². The number of carbonyl (C=O) groups excluding carboxylic acids is 1. The number of rotatable bonds is 3. The van der Waals surface area contributed by atoms with Crippen molar-refractivity contribution in [3.63, 3.8) is 0 Å². The summed E-state index contributed by atoms with van der Waals surface area (Å²) in [5, 5.41) is 3.54. The number of alkyl halides is 3. The number of ether oxygens (including phenoxy) is 1. The number of fused-ring (bicyclic) bond motifs is 3. The molecule has 2 aliphatic heterocycles. The number of aromatic nitrogens is 2. The highest BCUT2D eigenvalue weighted by Gasteiger charge is 2.32. The predicted molar refractivity (Wildman–Crippen MR) is 96.7 cm³/mol. The Bertz CT molecular complexity index is 872. The summed E-state index contributed by atoms with van der Waals surface area (Å²) in [6, 6.07) is 3.99. The maximum Gasteiger partial charge on any atom is 0.416 e. The molecule has 4 rings (SSSR count). The molecule has 2 aromatic rings. The zero-order valence-electron chi connectivity index (χ0n) is 15.6. The maximum atomic E-state index is 13.0. The van der Waals surface area contributed by atoms with Crippen molar-refractivity contribution >= 4 is 16.9 Å². The number of benzene rings is 1. The van der Waals surface area contributed by atoms with Crippen molar-refractivity contribution in [3.8, 4) is 0 Å². The Morgan fingerprint density at radius 3 is 2.75 bits per heavy atom. The molecule has 6 nitrogen and oxygen atoms in total. The Hall–Kier alpha value is -2.13. The molecule has 1 fully saturated rings. The lowest BCUT2D eigenvalue weighted by Crippen LogP contribution is -2.46. The van der Waals surface area contributed by atoms with Gasteiger partial charge < -0.3 is 19.5 Å². The van der Waals surface area contributed by atoms with Gasteiger partial charge in [0.2, 0.25) is 5.91 Å². The SMILES string of the molecule is CC(=O)N1CCC(NC[C@H]2COCc3nc4cc(C(F)(F)F)ccc4n32)CC1. The second kappa shape index (κ2) is 7.36.